The summed E-state index contributed by atoms with van der Waals surface area (Å²) in [4.78, 5) is 21.8. The van der Waals surface area contributed by atoms with E-state index in [9.17, 15) is 14.9 Å². The van der Waals surface area contributed by atoms with E-state index in [1.807, 2.05) is 0 Å². The Balaban J connectivity index is 3.23. The highest BCUT2D eigenvalue weighted by Crippen LogP contribution is 2.22. The van der Waals surface area contributed by atoms with Crippen LogP contribution in [0.3, 0.4) is 0 Å². The normalized spacial score (nSPS) is 9.73. The molecule has 1 N–H and O–H groups in total. The van der Waals surface area contributed by atoms with Gasteiger partial charge in [0.15, 0.2) is 0 Å². The standard InChI is InChI=1S/C10H12N2O3/c1-3-11-10(13)8-6-4-5-7(2)9(8)12(14)15/h4-6H,3H2,1-2H3,(H,11,13). The molecule has 1 aromatic rings. The van der Waals surface area contributed by atoms with E-state index in [0.717, 1.165) is 0 Å². The van der Waals surface area contributed by atoms with Crippen LogP contribution in [0.4, 0.5) is 5.69 Å². The minimum Gasteiger partial charge on any atom is -0.352 e. The summed E-state index contributed by atoms with van der Waals surface area (Å²) in [6.45, 7) is 3.82. The number of nitrogens with zero attached hydrogens (tertiary/aromatic N) is 1. The maximum absolute atomic E-state index is 11.5. The third-order valence-corrected chi connectivity index (χ3v) is 2.00. The molecule has 0 bridgehead atoms. The minimum atomic E-state index is -0.528. The van der Waals surface area contributed by atoms with Crippen molar-refractivity contribution >= 4 is 11.6 Å². The molecular weight excluding hydrogens is 196 g/mol. The summed E-state index contributed by atoms with van der Waals surface area (Å²) in [5.74, 6) is -0.409. The van der Waals surface area contributed by atoms with E-state index < -0.39 is 10.8 Å². The van der Waals surface area contributed by atoms with Crippen LogP contribution < -0.4 is 5.32 Å². The van der Waals surface area contributed by atoms with Crippen molar-refractivity contribution in [3.63, 3.8) is 0 Å². The lowest BCUT2D eigenvalue weighted by Gasteiger charge is -2.04. The molecule has 0 aliphatic carbocycles. The van der Waals surface area contributed by atoms with Gasteiger partial charge in [0.25, 0.3) is 11.6 Å². The van der Waals surface area contributed by atoms with Gasteiger partial charge in [-0.3, -0.25) is 14.9 Å². The number of hydrogen-bond donors (Lipinski definition) is 1. The molecule has 0 saturated carbocycles. The number of rotatable bonds is 3. The van der Waals surface area contributed by atoms with Crippen LogP contribution in [-0.2, 0) is 0 Å². The Bertz CT molecular complexity index is 402. The summed E-state index contributed by atoms with van der Waals surface area (Å²) in [5, 5.41) is 13.3. The maximum Gasteiger partial charge on any atom is 0.285 e. The predicted octanol–water partition coefficient (Wildman–Crippen LogP) is 1.65. The average Bonchev–Trinajstić information content (AvgIpc) is 2.17. The van der Waals surface area contributed by atoms with Gasteiger partial charge in [0.2, 0.25) is 0 Å². The molecule has 0 fully saturated rings. The molecule has 0 radical (unpaired) electrons. The van der Waals surface area contributed by atoms with E-state index in [2.05, 4.69) is 5.32 Å². The molecule has 0 heterocycles. The lowest BCUT2D eigenvalue weighted by Crippen LogP contribution is -2.23. The van der Waals surface area contributed by atoms with Gasteiger partial charge in [0.05, 0.1) is 4.92 Å². The Morgan fingerprint density at radius 2 is 2.20 bits per heavy atom. The zero-order valence-electron chi connectivity index (χ0n) is 8.61. The molecule has 15 heavy (non-hydrogen) atoms. The largest absolute Gasteiger partial charge is 0.352 e. The lowest BCUT2D eigenvalue weighted by molar-refractivity contribution is -0.385. The van der Waals surface area contributed by atoms with Crippen molar-refractivity contribution in [2.75, 3.05) is 6.54 Å². The van der Waals surface area contributed by atoms with Gasteiger partial charge >= 0.3 is 0 Å². The highest BCUT2D eigenvalue weighted by atomic mass is 16.6. The second kappa shape index (κ2) is 4.54. The van der Waals surface area contributed by atoms with Crippen LogP contribution in [0.5, 0.6) is 0 Å². The first-order valence-electron chi connectivity index (χ1n) is 4.60. The van der Waals surface area contributed by atoms with Crippen LogP contribution in [0.1, 0.15) is 22.8 Å². The van der Waals surface area contributed by atoms with Crippen LogP contribution in [0.15, 0.2) is 18.2 Å². The molecule has 1 rings (SSSR count). The first kappa shape index (κ1) is 11.2. The number of carbonyl (C=O) groups is 1. The molecule has 0 aliphatic rings. The summed E-state index contributed by atoms with van der Waals surface area (Å²) in [6, 6.07) is 4.70. The lowest BCUT2D eigenvalue weighted by atomic mass is 10.1. The molecule has 5 heteroatoms. The quantitative estimate of drug-likeness (QED) is 0.606. The van der Waals surface area contributed by atoms with E-state index in [0.29, 0.717) is 12.1 Å². The number of nitro benzene ring substituents is 1. The van der Waals surface area contributed by atoms with Crippen LogP contribution in [0.2, 0.25) is 0 Å². The fourth-order valence-corrected chi connectivity index (χ4v) is 1.34. The fourth-order valence-electron chi connectivity index (χ4n) is 1.34. The van der Waals surface area contributed by atoms with Gasteiger partial charge < -0.3 is 5.32 Å². The average molecular weight is 208 g/mol. The second-order valence-electron chi connectivity index (χ2n) is 3.09. The Kier molecular flexibility index (Phi) is 3.38. The predicted molar refractivity (Wildman–Crippen MR) is 55.8 cm³/mol. The van der Waals surface area contributed by atoms with Crippen LogP contribution >= 0.6 is 0 Å². The van der Waals surface area contributed by atoms with Gasteiger partial charge in [-0.15, -0.1) is 0 Å². The first-order chi connectivity index (χ1) is 7.07. The number of carbonyl (C=O) groups excluding carboxylic acids is 1. The molecule has 0 aromatic heterocycles. The Labute approximate surface area is 87.3 Å². The van der Waals surface area contributed by atoms with Gasteiger partial charge in [-0.05, 0) is 19.9 Å². The van der Waals surface area contributed by atoms with Crippen molar-refractivity contribution in [1.29, 1.82) is 0 Å². The van der Waals surface area contributed by atoms with Gasteiger partial charge in [-0.2, -0.15) is 0 Å². The van der Waals surface area contributed by atoms with E-state index in [4.69, 9.17) is 0 Å². The molecule has 1 aromatic carbocycles. The van der Waals surface area contributed by atoms with Crippen molar-refractivity contribution < 1.29 is 9.72 Å². The molecule has 0 unspecified atom stereocenters. The van der Waals surface area contributed by atoms with Gasteiger partial charge in [-0.1, -0.05) is 12.1 Å². The van der Waals surface area contributed by atoms with Crippen molar-refractivity contribution in [1.82, 2.24) is 5.32 Å². The van der Waals surface area contributed by atoms with E-state index in [-0.39, 0.29) is 11.3 Å². The molecule has 0 spiro atoms. The fraction of sp³-hybridized carbons (Fsp3) is 0.300. The second-order valence-corrected chi connectivity index (χ2v) is 3.09. The number of aryl methyl sites for hydroxylation is 1. The van der Waals surface area contributed by atoms with Crippen molar-refractivity contribution in [3.05, 3.63) is 39.4 Å². The van der Waals surface area contributed by atoms with E-state index in [1.165, 1.54) is 6.07 Å². The summed E-state index contributed by atoms with van der Waals surface area (Å²) < 4.78 is 0. The smallest absolute Gasteiger partial charge is 0.285 e. The van der Waals surface area contributed by atoms with Crippen LogP contribution in [-0.4, -0.2) is 17.4 Å². The molecular formula is C10H12N2O3. The Morgan fingerprint density at radius 1 is 1.53 bits per heavy atom. The molecule has 80 valence electrons. The number of amides is 1. The molecule has 0 atom stereocenters. The summed E-state index contributed by atoms with van der Waals surface area (Å²) in [5.41, 5.74) is 0.481. The summed E-state index contributed by atoms with van der Waals surface area (Å²) >= 11 is 0. The van der Waals surface area contributed by atoms with Crippen molar-refractivity contribution in [3.8, 4) is 0 Å². The maximum atomic E-state index is 11.5. The summed E-state index contributed by atoms with van der Waals surface area (Å²) in [6.07, 6.45) is 0. The number of nitro groups is 1. The number of hydrogen-bond acceptors (Lipinski definition) is 3. The Hall–Kier alpha value is -1.91. The van der Waals surface area contributed by atoms with E-state index in [1.54, 1.807) is 26.0 Å². The highest BCUT2D eigenvalue weighted by Gasteiger charge is 2.21. The van der Waals surface area contributed by atoms with Crippen molar-refractivity contribution in [2.45, 2.75) is 13.8 Å². The van der Waals surface area contributed by atoms with Crippen LogP contribution in [0, 0.1) is 17.0 Å². The third-order valence-electron chi connectivity index (χ3n) is 2.00. The van der Waals surface area contributed by atoms with Crippen molar-refractivity contribution in [2.24, 2.45) is 0 Å². The van der Waals surface area contributed by atoms with Crippen LogP contribution in [0.25, 0.3) is 0 Å². The summed E-state index contributed by atoms with van der Waals surface area (Å²) in [7, 11) is 0. The topological polar surface area (TPSA) is 72.2 Å². The van der Waals surface area contributed by atoms with E-state index >= 15 is 0 Å². The number of para-hydroxylation sites is 1. The SMILES string of the molecule is CCNC(=O)c1cccc(C)c1[N+](=O)[O-]. The Morgan fingerprint density at radius 3 is 2.73 bits per heavy atom. The zero-order valence-corrected chi connectivity index (χ0v) is 8.61. The molecule has 0 aliphatic heterocycles. The number of benzene rings is 1. The highest BCUT2D eigenvalue weighted by molar-refractivity contribution is 5.98. The van der Waals surface area contributed by atoms with Gasteiger partial charge in [0, 0.05) is 12.1 Å². The number of nitrogens with one attached hydrogen (secondary N) is 1. The monoisotopic (exact) mass is 208 g/mol. The van der Waals surface area contributed by atoms with Gasteiger partial charge in [-0.25, -0.2) is 0 Å². The third kappa shape index (κ3) is 2.31. The molecule has 1 amide bonds. The molecule has 5 nitrogen and oxygen atoms in total. The molecule has 0 saturated heterocycles. The van der Waals surface area contributed by atoms with Gasteiger partial charge in [0.1, 0.15) is 5.56 Å². The zero-order chi connectivity index (χ0) is 11.4. The first-order valence-corrected chi connectivity index (χ1v) is 4.60. The minimum absolute atomic E-state index is 0.113.